The minimum Gasteiger partial charge on any atom is -0.387 e. The van der Waals surface area contributed by atoms with Gasteiger partial charge in [-0.2, -0.15) is 13.2 Å². The predicted octanol–water partition coefficient (Wildman–Crippen LogP) is 4.31. The second-order valence-corrected chi connectivity index (χ2v) is 10.8. The van der Waals surface area contributed by atoms with Gasteiger partial charge in [-0.1, -0.05) is 6.08 Å². The minimum absolute atomic E-state index is 0.00468. The van der Waals surface area contributed by atoms with Gasteiger partial charge < -0.3 is 25.2 Å². The number of likely N-dealkylation sites (N-methyl/N-ethyl adjacent to an activating group) is 1. The molecule has 1 aromatic carbocycles. The molecular formula is C29H33F5N6O2. The SMILES string of the molecule is C[C@@H]1CN(c2cc(F)c(-c3ccc(N4CCOCC4)nc3)c(F)c2NC(=O)C2=CNCC=C2C(F)(F)F)C[C@H](C)N1C. The van der Waals surface area contributed by atoms with E-state index in [4.69, 9.17) is 4.74 Å². The Morgan fingerprint density at radius 1 is 1.10 bits per heavy atom. The molecule has 4 heterocycles. The number of alkyl halides is 3. The first kappa shape index (κ1) is 29.8. The van der Waals surface area contributed by atoms with E-state index in [0.29, 0.717) is 45.2 Å². The number of hydrogen-bond acceptors (Lipinski definition) is 7. The first-order valence-corrected chi connectivity index (χ1v) is 13.8. The smallest absolute Gasteiger partial charge is 0.387 e. The second-order valence-electron chi connectivity index (χ2n) is 10.8. The maximum Gasteiger partial charge on any atom is 0.416 e. The number of ether oxygens (including phenoxy) is 1. The van der Waals surface area contributed by atoms with Crippen molar-refractivity contribution in [2.45, 2.75) is 32.1 Å². The lowest BCUT2D eigenvalue weighted by atomic mass is 10.00. The molecule has 2 aromatic rings. The molecule has 5 rings (SSSR count). The zero-order valence-electron chi connectivity index (χ0n) is 23.6. The Morgan fingerprint density at radius 2 is 1.79 bits per heavy atom. The average molecular weight is 593 g/mol. The summed E-state index contributed by atoms with van der Waals surface area (Å²) in [6.45, 7) is 6.91. The van der Waals surface area contributed by atoms with E-state index < -0.39 is 46.1 Å². The molecule has 2 atom stereocenters. The minimum atomic E-state index is -4.79. The number of rotatable bonds is 5. The van der Waals surface area contributed by atoms with E-state index in [9.17, 15) is 18.0 Å². The zero-order chi connectivity index (χ0) is 30.2. The van der Waals surface area contributed by atoms with Crippen molar-refractivity contribution in [3.63, 3.8) is 0 Å². The van der Waals surface area contributed by atoms with Crippen molar-refractivity contribution in [1.29, 1.82) is 0 Å². The number of piperazine rings is 1. The van der Waals surface area contributed by atoms with Crippen LogP contribution in [0.3, 0.4) is 0 Å². The second kappa shape index (κ2) is 11.9. The van der Waals surface area contributed by atoms with Crippen molar-refractivity contribution < 1.29 is 31.5 Å². The number of carbonyl (C=O) groups excluding carboxylic acids is 1. The summed E-state index contributed by atoms with van der Waals surface area (Å²) >= 11 is 0. The van der Waals surface area contributed by atoms with Crippen LogP contribution < -0.4 is 20.4 Å². The van der Waals surface area contributed by atoms with Gasteiger partial charge in [-0.3, -0.25) is 9.69 Å². The highest BCUT2D eigenvalue weighted by molar-refractivity contribution is 6.09. The first-order valence-electron chi connectivity index (χ1n) is 13.8. The van der Waals surface area contributed by atoms with E-state index in [0.717, 1.165) is 18.3 Å². The molecule has 0 bridgehead atoms. The molecular weight excluding hydrogens is 559 g/mol. The Balaban J connectivity index is 1.55. The molecule has 1 amide bonds. The quantitative estimate of drug-likeness (QED) is 0.502. The van der Waals surface area contributed by atoms with E-state index >= 15 is 8.78 Å². The van der Waals surface area contributed by atoms with Gasteiger partial charge in [0.25, 0.3) is 5.91 Å². The lowest BCUT2D eigenvalue weighted by molar-refractivity contribution is -0.115. The highest BCUT2D eigenvalue weighted by atomic mass is 19.4. The largest absolute Gasteiger partial charge is 0.416 e. The van der Waals surface area contributed by atoms with E-state index in [1.54, 1.807) is 11.0 Å². The predicted molar refractivity (Wildman–Crippen MR) is 150 cm³/mol. The summed E-state index contributed by atoms with van der Waals surface area (Å²) in [5.74, 6) is -2.52. The lowest BCUT2D eigenvalue weighted by Gasteiger charge is -2.44. The number of nitrogens with one attached hydrogen (secondary N) is 2. The van der Waals surface area contributed by atoms with E-state index in [2.05, 4.69) is 20.5 Å². The molecule has 3 aliphatic rings. The number of nitrogens with zero attached hydrogens (tertiary/aromatic N) is 4. The Morgan fingerprint density at radius 3 is 2.40 bits per heavy atom. The number of hydrogen-bond donors (Lipinski definition) is 2. The summed E-state index contributed by atoms with van der Waals surface area (Å²) < 4.78 is 78.6. The van der Waals surface area contributed by atoms with E-state index in [1.165, 1.54) is 12.3 Å². The van der Waals surface area contributed by atoms with Crippen LogP contribution in [-0.4, -0.2) is 87.0 Å². The van der Waals surface area contributed by atoms with Crippen LogP contribution in [0.15, 0.2) is 47.8 Å². The average Bonchev–Trinajstić information content (AvgIpc) is 2.97. The van der Waals surface area contributed by atoms with Crippen molar-refractivity contribution in [2.24, 2.45) is 0 Å². The summed E-state index contributed by atoms with van der Waals surface area (Å²) in [5.41, 5.74) is -2.49. The fourth-order valence-electron chi connectivity index (χ4n) is 5.50. The number of pyridine rings is 1. The van der Waals surface area contributed by atoms with Crippen LogP contribution >= 0.6 is 0 Å². The molecule has 0 saturated carbocycles. The fourth-order valence-corrected chi connectivity index (χ4v) is 5.50. The number of halogens is 5. The molecule has 226 valence electrons. The maximum atomic E-state index is 16.4. The first-order chi connectivity index (χ1) is 20.0. The monoisotopic (exact) mass is 592 g/mol. The molecule has 2 saturated heterocycles. The van der Waals surface area contributed by atoms with Crippen LogP contribution in [0.4, 0.5) is 39.1 Å². The Hall–Kier alpha value is -3.71. The molecule has 1 aromatic heterocycles. The maximum absolute atomic E-state index is 16.4. The summed E-state index contributed by atoms with van der Waals surface area (Å²) in [5, 5.41) is 4.96. The van der Waals surface area contributed by atoms with Gasteiger partial charge in [-0.15, -0.1) is 0 Å². The highest BCUT2D eigenvalue weighted by Crippen LogP contribution is 2.40. The number of amides is 1. The van der Waals surface area contributed by atoms with Crippen molar-refractivity contribution >= 4 is 23.1 Å². The number of morpholine rings is 1. The number of dihydropyridines is 1. The van der Waals surface area contributed by atoms with Gasteiger partial charge in [0.15, 0.2) is 5.82 Å². The van der Waals surface area contributed by atoms with E-state index in [1.807, 2.05) is 25.8 Å². The summed E-state index contributed by atoms with van der Waals surface area (Å²) in [7, 11) is 1.95. The van der Waals surface area contributed by atoms with Crippen molar-refractivity contribution in [1.82, 2.24) is 15.2 Å². The topological polar surface area (TPSA) is 73.0 Å². The fraction of sp³-hybridized carbons (Fsp3) is 0.448. The molecule has 13 heteroatoms. The molecule has 42 heavy (non-hydrogen) atoms. The van der Waals surface area contributed by atoms with Gasteiger partial charge in [-0.05, 0) is 33.0 Å². The van der Waals surface area contributed by atoms with Crippen molar-refractivity contribution in [3.05, 3.63) is 59.5 Å². The molecule has 0 aliphatic carbocycles. The van der Waals surface area contributed by atoms with E-state index in [-0.39, 0.29) is 29.9 Å². The van der Waals surface area contributed by atoms with Gasteiger partial charge in [0.1, 0.15) is 17.3 Å². The number of anilines is 3. The standard InChI is InChI=1S/C29H33F5N6O2/c1-17-15-40(16-18(2)38(17)3)23-12-22(30)25(19-4-5-24(36-13-19)39-8-10-42-11-9-39)26(31)27(23)37-28(41)20-14-35-7-6-21(20)29(32,33)34/h4-6,12-14,17-18,35H,7-11,15-16H2,1-3H3,(H,37,41)/t17-,18+. The molecule has 2 fully saturated rings. The number of aromatic nitrogens is 1. The van der Waals surface area contributed by atoms with Crippen LogP contribution in [-0.2, 0) is 9.53 Å². The van der Waals surface area contributed by atoms with Crippen LogP contribution in [0.1, 0.15) is 13.8 Å². The van der Waals surface area contributed by atoms with Gasteiger partial charge in [0.05, 0.1) is 35.6 Å². The highest BCUT2D eigenvalue weighted by Gasteiger charge is 2.40. The van der Waals surface area contributed by atoms with Crippen molar-refractivity contribution in [3.8, 4) is 11.1 Å². The summed E-state index contributed by atoms with van der Waals surface area (Å²) in [6, 6.07) is 4.31. The van der Waals surface area contributed by atoms with Gasteiger partial charge in [0, 0.05) is 68.8 Å². The van der Waals surface area contributed by atoms with Gasteiger partial charge in [-0.25, -0.2) is 13.8 Å². The zero-order valence-corrected chi connectivity index (χ0v) is 23.6. The van der Waals surface area contributed by atoms with Crippen molar-refractivity contribution in [2.75, 3.05) is 68.1 Å². The third-order valence-electron chi connectivity index (χ3n) is 8.02. The molecule has 0 radical (unpaired) electrons. The van der Waals surface area contributed by atoms with Crippen LogP contribution in [0, 0.1) is 11.6 Å². The third kappa shape index (κ3) is 5.93. The Kier molecular flexibility index (Phi) is 8.42. The summed E-state index contributed by atoms with van der Waals surface area (Å²) in [6.07, 6.45) is -1.64. The molecule has 0 unspecified atom stereocenters. The Bertz CT molecular complexity index is 1380. The third-order valence-corrected chi connectivity index (χ3v) is 8.02. The van der Waals surface area contributed by atoms with Crippen LogP contribution in [0.2, 0.25) is 0 Å². The van der Waals surface area contributed by atoms with Gasteiger partial charge >= 0.3 is 6.18 Å². The number of benzene rings is 1. The molecule has 3 aliphatic heterocycles. The molecule has 8 nitrogen and oxygen atoms in total. The number of carbonyl (C=O) groups is 1. The summed E-state index contributed by atoms with van der Waals surface area (Å²) in [4.78, 5) is 23.5. The van der Waals surface area contributed by atoms with Crippen LogP contribution in [0.25, 0.3) is 11.1 Å². The molecule has 0 spiro atoms. The van der Waals surface area contributed by atoms with Gasteiger partial charge in [0.2, 0.25) is 0 Å². The lowest BCUT2D eigenvalue weighted by Crippen LogP contribution is -2.55. The Labute approximate surface area is 240 Å². The van der Waals surface area contributed by atoms with Crippen LogP contribution in [0.5, 0.6) is 0 Å². The normalized spacial score (nSPS) is 21.9. The molecule has 2 N–H and O–H groups in total.